The molecule has 0 aromatic heterocycles. The van der Waals surface area contributed by atoms with Crippen LogP contribution in [0, 0.1) is 23.5 Å². The first-order valence-corrected chi connectivity index (χ1v) is 7.05. The van der Waals surface area contributed by atoms with Gasteiger partial charge >= 0.3 is 0 Å². The second-order valence-electron chi connectivity index (χ2n) is 3.96. The molecule has 1 radical (unpaired) electrons. The number of hydrogen-bond donors (Lipinski definition) is 0. The highest BCUT2D eigenvalue weighted by Gasteiger charge is 2.18. The Morgan fingerprint density at radius 1 is 1.00 bits per heavy atom. The van der Waals surface area contributed by atoms with Gasteiger partial charge in [0.1, 0.15) is 17.5 Å². The molecule has 2 rings (SSSR count). The number of benzene rings is 2. The quantitative estimate of drug-likeness (QED) is 0.795. The van der Waals surface area contributed by atoms with E-state index >= 15 is 0 Å². The first-order valence-electron chi connectivity index (χ1n) is 5.16. The summed E-state index contributed by atoms with van der Waals surface area (Å²) in [5.41, 5.74) is -0.377. The monoisotopic (exact) mass is 285 g/mol. The lowest BCUT2D eigenvalue weighted by molar-refractivity contribution is 0.584. The van der Waals surface area contributed by atoms with Gasteiger partial charge in [-0.3, -0.25) is 0 Å². The van der Waals surface area contributed by atoms with Crippen LogP contribution in [0.3, 0.4) is 0 Å². The van der Waals surface area contributed by atoms with Crippen LogP contribution in [0.1, 0.15) is 0 Å². The van der Waals surface area contributed by atoms with Crippen molar-refractivity contribution in [3.63, 3.8) is 0 Å². The first-order chi connectivity index (χ1) is 8.79. The lowest BCUT2D eigenvalue weighted by atomic mass is 10.0. The summed E-state index contributed by atoms with van der Waals surface area (Å²) in [5, 5.41) is 0. The fourth-order valence-electron chi connectivity index (χ4n) is 1.67. The summed E-state index contributed by atoms with van der Waals surface area (Å²) in [5.74, 6) is -2.53. The first kappa shape index (κ1) is 13.6. The molecular weight excluding hydrogens is 277 g/mol. The van der Waals surface area contributed by atoms with Crippen molar-refractivity contribution in [2.24, 2.45) is 0 Å². The van der Waals surface area contributed by atoms with Crippen LogP contribution in [-0.2, 0) is 9.84 Å². The molecule has 0 aliphatic heterocycles. The molecule has 0 N–H and O–H groups in total. The number of halogens is 3. The summed E-state index contributed by atoms with van der Waals surface area (Å²) in [7, 11) is -3.71. The Labute approximate surface area is 108 Å². The third kappa shape index (κ3) is 2.78. The van der Waals surface area contributed by atoms with Gasteiger partial charge in [0.25, 0.3) is 0 Å². The van der Waals surface area contributed by atoms with Gasteiger partial charge < -0.3 is 0 Å². The van der Waals surface area contributed by atoms with E-state index in [-0.39, 0.29) is 16.0 Å². The largest absolute Gasteiger partial charge is 0.224 e. The molecular formula is C13H8F3O2S. The van der Waals surface area contributed by atoms with Crippen LogP contribution in [-0.4, -0.2) is 14.7 Å². The molecule has 0 bridgehead atoms. The lowest BCUT2D eigenvalue weighted by Gasteiger charge is -2.09. The van der Waals surface area contributed by atoms with E-state index in [1.807, 2.05) is 0 Å². The van der Waals surface area contributed by atoms with E-state index < -0.39 is 27.3 Å². The van der Waals surface area contributed by atoms with Gasteiger partial charge in [-0.2, -0.15) is 0 Å². The SMILES string of the molecule is CS(=O)(=O)c1[c]cc(F)cc1-c1ccc(F)cc1F. The zero-order valence-corrected chi connectivity index (χ0v) is 10.6. The topological polar surface area (TPSA) is 34.1 Å². The highest BCUT2D eigenvalue weighted by Crippen LogP contribution is 2.30. The van der Waals surface area contributed by atoms with Gasteiger partial charge in [-0.25, -0.2) is 21.6 Å². The molecule has 0 fully saturated rings. The molecule has 2 aromatic carbocycles. The third-order valence-corrected chi connectivity index (χ3v) is 3.54. The Balaban J connectivity index is 2.77. The second kappa shape index (κ2) is 4.70. The van der Waals surface area contributed by atoms with E-state index in [1.165, 1.54) is 0 Å². The standard InChI is InChI=1S/C13H8F3O2S/c1-19(17,18)13-5-3-8(14)6-11(13)10-4-2-9(15)7-12(10)16/h2-4,6-7H,1H3. The van der Waals surface area contributed by atoms with Gasteiger partial charge in [-0.1, -0.05) is 0 Å². The predicted molar refractivity (Wildman–Crippen MR) is 63.7 cm³/mol. The van der Waals surface area contributed by atoms with Crippen LogP contribution in [0.4, 0.5) is 13.2 Å². The smallest absolute Gasteiger partial charge is 0.176 e. The van der Waals surface area contributed by atoms with E-state index in [0.29, 0.717) is 6.07 Å². The Hall–Kier alpha value is -1.82. The van der Waals surface area contributed by atoms with E-state index in [4.69, 9.17) is 0 Å². The van der Waals surface area contributed by atoms with Gasteiger partial charge in [-0.15, -0.1) is 0 Å². The Kier molecular flexibility index (Phi) is 3.36. The molecule has 0 aliphatic carbocycles. The van der Waals surface area contributed by atoms with Crippen molar-refractivity contribution in [3.05, 3.63) is 53.8 Å². The molecule has 99 valence electrons. The molecule has 0 amide bonds. The van der Waals surface area contributed by atoms with Crippen molar-refractivity contribution in [3.8, 4) is 11.1 Å². The fraction of sp³-hybridized carbons (Fsp3) is 0.0769. The van der Waals surface area contributed by atoms with Gasteiger partial charge in [0.05, 0.1) is 4.90 Å². The molecule has 19 heavy (non-hydrogen) atoms. The third-order valence-electron chi connectivity index (χ3n) is 2.46. The summed E-state index contributed by atoms with van der Waals surface area (Å²) >= 11 is 0. The van der Waals surface area contributed by atoms with Gasteiger partial charge in [0, 0.05) is 29.5 Å². The lowest BCUT2D eigenvalue weighted by Crippen LogP contribution is -2.02. The van der Waals surface area contributed by atoms with Crippen molar-refractivity contribution in [2.45, 2.75) is 4.90 Å². The Bertz CT molecular complexity index is 740. The van der Waals surface area contributed by atoms with Crippen LogP contribution in [0.15, 0.2) is 35.2 Å². The zero-order valence-electron chi connectivity index (χ0n) is 9.75. The minimum atomic E-state index is -3.71. The number of sulfone groups is 1. The molecule has 0 unspecified atom stereocenters. The average molecular weight is 285 g/mol. The van der Waals surface area contributed by atoms with Crippen molar-refractivity contribution in [2.75, 3.05) is 6.26 Å². The maximum atomic E-state index is 13.7. The molecule has 0 spiro atoms. The van der Waals surface area contributed by atoms with E-state index in [9.17, 15) is 21.6 Å². The molecule has 0 heterocycles. The Morgan fingerprint density at radius 3 is 2.26 bits per heavy atom. The van der Waals surface area contributed by atoms with Crippen molar-refractivity contribution in [1.82, 2.24) is 0 Å². The molecule has 0 saturated carbocycles. The summed E-state index contributed by atoms with van der Waals surface area (Å²) in [4.78, 5) is -0.334. The number of hydrogen-bond acceptors (Lipinski definition) is 2. The molecule has 0 atom stereocenters. The minimum Gasteiger partial charge on any atom is -0.224 e. The maximum absolute atomic E-state index is 13.7. The van der Waals surface area contributed by atoms with Crippen LogP contribution in [0.2, 0.25) is 0 Å². The summed E-state index contributed by atoms with van der Waals surface area (Å²) in [6.07, 6.45) is 0.904. The minimum absolute atomic E-state index is 0.181. The molecule has 6 heteroatoms. The maximum Gasteiger partial charge on any atom is 0.176 e. The molecule has 2 aromatic rings. The molecule has 0 aliphatic rings. The average Bonchev–Trinajstić information content (AvgIpc) is 2.27. The van der Waals surface area contributed by atoms with Crippen molar-refractivity contribution < 1.29 is 21.6 Å². The van der Waals surface area contributed by atoms with Crippen LogP contribution < -0.4 is 0 Å². The van der Waals surface area contributed by atoms with E-state index in [2.05, 4.69) is 6.07 Å². The normalized spacial score (nSPS) is 11.6. The summed E-state index contributed by atoms with van der Waals surface area (Å²) in [6, 6.07) is 6.62. The zero-order chi connectivity index (χ0) is 14.2. The molecule has 0 saturated heterocycles. The predicted octanol–water partition coefficient (Wildman–Crippen LogP) is 2.97. The fourth-order valence-corrected chi connectivity index (χ4v) is 2.51. The second-order valence-corrected chi connectivity index (χ2v) is 5.91. The van der Waals surface area contributed by atoms with Crippen molar-refractivity contribution >= 4 is 9.84 Å². The van der Waals surface area contributed by atoms with E-state index in [1.54, 1.807) is 0 Å². The van der Waals surface area contributed by atoms with Crippen molar-refractivity contribution in [1.29, 1.82) is 0 Å². The summed E-state index contributed by atoms with van der Waals surface area (Å²) < 4.78 is 62.8. The van der Waals surface area contributed by atoms with Gasteiger partial charge in [0.2, 0.25) is 0 Å². The van der Waals surface area contributed by atoms with E-state index in [0.717, 1.165) is 30.5 Å². The highest BCUT2D eigenvalue weighted by molar-refractivity contribution is 7.90. The summed E-state index contributed by atoms with van der Waals surface area (Å²) in [6.45, 7) is 0. The van der Waals surface area contributed by atoms with Gasteiger partial charge in [-0.05, 0) is 24.3 Å². The Morgan fingerprint density at radius 2 is 1.68 bits per heavy atom. The highest BCUT2D eigenvalue weighted by atomic mass is 32.2. The molecule has 2 nitrogen and oxygen atoms in total. The van der Waals surface area contributed by atoms with Crippen LogP contribution in [0.25, 0.3) is 11.1 Å². The van der Waals surface area contributed by atoms with Crippen LogP contribution in [0.5, 0.6) is 0 Å². The number of rotatable bonds is 2. The van der Waals surface area contributed by atoms with Crippen LogP contribution >= 0.6 is 0 Å². The van der Waals surface area contributed by atoms with Gasteiger partial charge in [0.15, 0.2) is 9.84 Å².